The molecule has 0 spiro atoms. The van der Waals surface area contributed by atoms with E-state index in [1.54, 1.807) is 0 Å². The van der Waals surface area contributed by atoms with Gasteiger partial charge in [-0.1, -0.05) is 18.2 Å². The van der Waals surface area contributed by atoms with Crippen LogP contribution in [0.2, 0.25) is 0 Å². The summed E-state index contributed by atoms with van der Waals surface area (Å²) in [6.07, 6.45) is 4.33. The van der Waals surface area contributed by atoms with Crippen LogP contribution in [-0.2, 0) is 13.5 Å². The van der Waals surface area contributed by atoms with Gasteiger partial charge in [0.05, 0.1) is 0 Å². The number of thioether (sulfide) groups is 1. The van der Waals surface area contributed by atoms with E-state index in [0.29, 0.717) is 0 Å². The van der Waals surface area contributed by atoms with Crippen molar-refractivity contribution in [2.45, 2.75) is 17.7 Å². The number of benzene rings is 1. The first-order valence-electron chi connectivity index (χ1n) is 7.68. The van der Waals surface area contributed by atoms with Crippen LogP contribution in [0.3, 0.4) is 0 Å². The number of hydrogen-bond donors (Lipinski definition) is 0. The Morgan fingerprint density at radius 2 is 2.10 bits per heavy atom. The SMILES string of the molecule is Cn1nccc1CCN1CC[C@H](CSc2ccccc2)C1. The Hall–Kier alpha value is -1.26. The highest BCUT2D eigenvalue weighted by Crippen LogP contribution is 2.25. The summed E-state index contributed by atoms with van der Waals surface area (Å²) in [6.45, 7) is 3.65. The Kier molecular flexibility index (Phi) is 4.99. The molecule has 21 heavy (non-hydrogen) atoms. The minimum atomic E-state index is 0.835. The number of likely N-dealkylation sites (tertiary alicyclic amines) is 1. The summed E-state index contributed by atoms with van der Waals surface area (Å²) in [5.41, 5.74) is 1.33. The molecular weight excluding hydrogens is 278 g/mol. The Morgan fingerprint density at radius 3 is 2.86 bits per heavy atom. The van der Waals surface area contributed by atoms with E-state index in [2.05, 4.69) is 46.4 Å². The first kappa shape index (κ1) is 14.7. The number of nitrogens with zero attached hydrogens (tertiary/aromatic N) is 3. The topological polar surface area (TPSA) is 21.1 Å². The van der Waals surface area contributed by atoms with Crippen LogP contribution in [0.5, 0.6) is 0 Å². The summed E-state index contributed by atoms with van der Waals surface area (Å²) >= 11 is 2.00. The normalized spacial score (nSPS) is 19.2. The van der Waals surface area contributed by atoms with Crippen LogP contribution >= 0.6 is 11.8 Å². The molecule has 0 N–H and O–H groups in total. The van der Waals surface area contributed by atoms with Crippen molar-refractivity contribution in [2.24, 2.45) is 13.0 Å². The molecule has 1 aromatic heterocycles. The molecule has 0 aliphatic carbocycles. The second-order valence-electron chi connectivity index (χ2n) is 5.78. The predicted molar refractivity (Wildman–Crippen MR) is 88.6 cm³/mol. The van der Waals surface area contributed by atoms with Crippen molar-refractivity contribution in [3.8, 4) is 0 Å². The van der Waals surface area contributed by atoms with Gasteiger partial charge >= 0.3 is 0 Å². The van der Waals surface area contributed by atoms with E-state index in [4.69, 9.17) is 0 Å². The van der Waals surface area contributed by atoms with Crippen molar-refractivity contribution in [1.82, 2.24) is 14.7 Å². The van der Waals surface area contributed by atoms with Gasteiger partial charge in [0.15, 0.2) is 0 Å². The molecule has 2 aromatic rings. The molecular formula is C17H23N3S. The predicted octanol–water partition coefficient (Wildman–Crippen LogP) is 3.08. The van der Waals surface area contributed by atoms with Gasteiger partial charge in [-0.2, -0.15) is 5.10 Å². The Balaban J connectivity index is 1.40. The third-order valence-corrected chi connectivity index (χ3v) is 5.45. The summed E-state index contributed by atoms with van der Waals surface area (Å²) in [5, 5.41) is 4.23. The van der Waals surface area contributed by atoms with Gasteiger partial charge in [0.1, 0.15) is 0 Å². The molecule has 112 valence electrons. The first-order chi connectivity index (χ1) is 10.3. The van der Waals surface area contributed by atoms with E-state index in [1.807, 2.05) is 29.7 Å². The number of aromatic nitrogens is 2. The largest absolute Gasteiger partial charge is 0.303 e. The van der Waals surface area contributed by atoms with Crippen LogP contribution in [0.25, 0.3) is 0 Å². The summed E-state index contributed by atoms with van der Waals surface area (Å²) in [4.78, 5) is 3.99. The van der Waals surface area contributed by atoms with Crippen molar-refractivity contribution in [1.29, 1.82) is 0 Å². The Labute approximate surface area is 131 Å². The fourth-order valence-corrected chi connectivity index (χ4v) is 3.95. The minimum absolute atomic E-state index is 0.835. The zero-order chi connectivity index (χ0) is 14.5. The molecule has 1 fully saturated rings. The third-order valence-electron chi connectivity index (χ3n) is 4.21. The summed E-state index contributed by atoms with van der Waals surface area (Å²) in [7, 11) is 2.03. The molecule has 1 aliphatic heterocycles. The maximum atomic E-state index is 4.23. The summed E-state index contributed by atoms with van der Waals surface area (Å²) in [6, 6.07) is 12.9. The highest BCUT2D eigenvalue weighted by molar-refractivity contribution is 7.99. The highest BCUT2D eigenvalue weighted by Gasteiger charge is 2.22. The van der Waals surface area contributed by atoms with E-state index < -0.39 is 0 Å². The molecule has 0 saturated carbocycles. The number of rotatable bonds is 6. The first-order valence-corrected chi connectivity index (χ1v) is 8.67. The smallest absolute Gasteiger partial charge is 0.0492 e. The lowest BCUT2D eigenvalue weighted by Crippen LogP contribution is -2.24. The van der Waals surface area contributed by atoms with Crippen molar-refractivity contribution in [3.63, 3.8) is 0 Å². The van der Waals surface area contributed by atoms with Gasteiger partial charge in [-0.15, -0.1) is 11.8 Å². The van der Waals surface area contributed by atoms with Crippen molar-refractivity contribution < 1.29 is 0 Å². The lowest BCUT2D eigenvalue weighted by atomic mass is 10.2. The van der Waals surface area contributed by atoms with Crippen LogP contribution in [0.1, 0.15) is 12.1 Å². The van der Waals surface area contributed by atoms with E-state index in [-0.39, 0.29) is 0 Å². The van der Waals surface area contributed by atoms with Crippen molar-refractivity contribution >= 4 is 11.8 Å². The number of hydrogen-bond acceptors (Lipinski definition) is 3. The zero-order valence-electron chi connectivity index (χ0n) is 12.6. The molecule has 1 aromatic carbocycles. The second kappa shape index (κ2) is 7.14. The highest BCUT2D eigenvalue weighted by atomic mass is 32.2. The molecule has 0 bridgehead atoms. The van der Waals surface area contributed by atoms with Crippen LogP contribution in [0.15, 0.2) is 47.5 Å². The molecule has 1 saturated heterocycles. The van der Waals surface area contributed by atoms with E-state index in [9.17, 15) is 0 Å². The fraction of sp³-hybridized carbons (Fsp3) is 0.471. The summed E-state index contributed by atoms with van der Waals surface area (Å²) in [5.74, 6) is 2.08. The zero-order valence-corrected chi connectivity index (χ0v) is 13.4. The molecule has 0 unspecified atom stereocenters. The molecule has 0 radical (unpaired) electrons. The lowest BCUT2D eigenvalue weighted by Gasteiger charge is -2.15. The second-order valence-corrected chi connectivity index (χ2v) is 6.87. The monoisotopic (exact) mass is 301 g/mol. The van der Waals surface area contributed by atoms with Gasteiger partial charge in [0.2, 0.25) is 0 Å². The maximum absolute atomic E-state index is 4.23. The van der Waals surface area contributed by atoms with Crippen molar-refractivity contribution in [3.05, 3.63) is 48.3 Å². The van der Waals surface area contributed by atoms with Crippen LogP contribution in [0, 0.1) is 5.92 Å². The Morgan fingerprint density at radius 1 is 1.24 bits per heavy atom. The van der Waals surface area contributed by atoms with Gasteiger partial charge in [0.25, 0.3) is 0 Å². The van der Waals surface area contributed by atoms with Gasteiger partial charge in [0, 0.05) is 49.1 Å². The molecule has 3 nitrogen and oxygen atoms in total. The molecule has 1 aliphatic rings. The quantitative estimate of drug-likeness (QED) is 0.765. The number of aryl methyl sites for hydroxylation is 1. The average Bonchev–Trinajstić information content (AvgIpc) is 3.13. The van der Waals surface area contributed by atoms with Crippen LogP contribution in [0.4, 0.5) is 0 Å². The molecule has 2 heterocycles. The van der Waals surface area contributed by atoms with Gasteiger partial charge < -0.3 is 4.90 Å². The molecule has 3 rings (SSSR count). The maximum Gasteiger partial charge on any atom is 0.0492 e. The van der Waals surface area contributed by atoms with Crippen molar-refractivity contribution in [2.75, 3.05) is 25.4 Å². The average molecular weight is 301 g/mol. The standard InChI is InChI=1S/C17H23N3S/c1-19-16(7-10-18-19)9-12-20-11-8-15(13-20)14-21-17-5-3-2-4-6-17/h2-7,10,15H,8-9,11-14H2,1H3/t15-/m0/s1. The molecule has 1 atom stereocenters. The Bertz CT molecular complexity index is 552. The van der Waals surface area contributed by atoms with E-state index >= 15 is 0 Å². The molecule has 0 amide bonds. The lowest BCUT2D eigenvalue weighted by molar-refractivity contribution is 0.330. The van der Waals surface area contributed by atoms with Gasteiger partial charge in [-0.3, -0.25) is 4.68 Å². The van der Waals surface area contributed by atoms with E-state index in [0.717, 1.165) is 18.9 Å². The van der Waals surface area contributed by atoms with Gasteiger partial charge in [-0.05, 0) is 37.1 Å². The minimum Gasteiger partial charge on any atom is -0.303 e. The third kappa shape index (κ3) is 4.11. The van der Waals surface area contributed by atoms with Gasteiger partial charge in [-0.25, -0.2) is 0 Å². The van der Waals surface area contributed by atoms with Crippen LogP contribution in [-0.4, -0.2) is 40.1 Å². The fourth-order valence-electron chi connectivity index (χ4n) is 2.90. The van der Waals surface area contributed by atoms with Crippen LogP contribution < -0.4 is 0 Å². The summed E-state index contributed by atoms with van der Waals surface area (Å²) < 4.78 is 1.98. The molecule has 4 heteroatoms. The van der Waals surface area contributed by atoms with E-state index in [1.165, 1.54) is 35.9 Å².